The highest BCUT2D eigenvalue weighted by Crippen LogP contribution is 2.16. The van der Waals surface area contributed by atoms with E-state index < -0.39 is 0 Å². The van der Waals surface area contributed by atoms with Crippen LogP contribution in [0.3, 0.4) is 0 Å². The molecule has 0 aliphatic carbocycles. The van der Waals surface area contributed by atoms with Crippen LogP contribution in [0.25, 0.3) is 0 Å². The monoisotopic (exact) mass is 385 g/mol. The van der Waals surface area contributed by atoms with E-state index in [1.807, 2.05) is 47.2 Å². The topological polar surface area (TPSA) is 46.9 Å². The normalized spacial score (nSPS) is 10.7. The molecular weight excluding hydrogens is 366 g/mol. The number of aromatic nitrogens is 2. The van der Waals surface area contributed by atoms with Crippen molar-refractivity contribution in [1.82, 2.24) is 14.9 Å². The molecule has 6 heteroatoms. The van der Waals surface area contributed by atoms with Crippen molar-refractivity contribution in [3.05, 3.63) is 89.0 Å². The number of hydrogen-bond acceptors (Lipinski definition) is 3. The standard InChI is InChI=1S/C20H20ClN3OS/c21-19-3-1-2-18(10-19)13-26-14-20(25)23-11-16-4-6-17(7-5-16)12-24-9-8-22-15-24/h1-10,15H,11-14H2,(H,23,25). The van der Waals surface area contributed by atoms with E-state index in [1.54, 1.807) is 24.3 Å². The molecular formula is C20H20ClN3OS. The third-order valence-corrected chi connectivity index (χ3v) is 5.07. The molecule has 4 nitrogen and oxygen atoms in total. The molecule has 26 heavy (non-hydrogen) atoms. The van der Waals surface area contributed by atoms with Crippen LogP contribution in [0.1, 0.15) is 16.7 Å². The lowest BCUT2D eigenvalue weighted by Gasteiger charge is -2.07. The summed E-state index contributed by atoms with van der Waals surface area (Å²) >= 11 is 7.54. The number of nitrogens with zero attached hydrogens (tertiary/aromatic N) is 2. The van der Waals surface area contributed by atoms with E-state index in [2.05, 4.69) is 22.4 Å². The van der Waals surface area contributed by atoms with Crippen molar-refractivity contribution < 1.29 is 4.79 Å². The number of amides is 1. The fourth-order valence-corrected chi connectivity index (χ4v) is 3.51. The van der Waals surface area contributed by atoms with Gasteiger partial charge in [-0.15, -0.1) is 11.8 Å². The third kappa shape index (κ3) is 5.93. The van der Waals surface area contributed by atoms with Crippen LogP contribution in [0.2, 0.25) is 5.02 Å². The number of imidazole rings is 1. The predicted octanol–water partition coefficient (Wildman–Crippen LogP) is 4.13. The number of nitrogens with one attached hydrogen (secondary N) is 1. The van der Waals surface area contributed by atoms with Crippen LogP contribution >= 0.6 is 23.4 Å². The molecule has 1 N–H and O–H groups in total. The summed E-state index contributed by atoms with van der Waals surface area (Å²) in [4.78, 5) is 16.0. The highest BCUT2D eigenvalue weighted by atomic mass is 35.5. The Balaban J connectivity index is 1.38. The summed E-state index contributed by atoms with van der Waals surface area (Å²) in [6.45, 7) is 1.34. The van der Waals surface area contributed by atoms with Crippen molar-refractivity contribution >= 4 is 29.3 Å². The molecule has 1 amide bonds. The maximum atomic E-state index is 12.0. The number of rotatable bonds is 8. The minimum absolute atomic E-state index is 0.0412. The van der Waals surface area contributed by atoms with Crippen LogP contribution in [0.15, 0.2) is 67.3 Å². The molecule has 0 spiro atoms. The van der Waals surface area contributed by atoms with E-state index >= 15 is 0 Å². The van der Waals surface area contributed by atoms with Crippen LogP contribution in [0.5, 0.6) is 0 Å². The van der Waals surface area contributed by atoms with Gasteiger partial charge in [-0.05, 0) is 28.8 Å². The first kappa shape index (κ1) is 18.5. The Morgan fingerprint density at radius 2 is 1.92 bits per heavy atom. The SMILES string of the molecule is O=C(CSCc1cccc(Cl)c1)NCc1ccc(Cn2ccnc2)cc1. The predicted molar refractivity (Wildman–Crippen MR) is 107 cm³/mol. The fourth-order valence-electron chi connectivity index (χ4n) is 2.49. The molecule has 3 aromatic rings. The Kier molecular flexibility index (Phi) is 6.75. The Morgan fingerprint density at radius 1 is 1.12 bits per heavy atom. The summed E-state index contributed by atoms with van der Waals surface area (Å²) in [6, 6.07) is 16.0. The van der Waals surface area contributed by atoms with Gasteiger partial charge in [-0.25, -0.2) is 4.98 Å². The summed E-state index contributed by atoms with van der Waals surface area (Å²) in [5, 5.41) is 3.69. The minimum atomic E-state index is 0.0412. The molecule has 0 radical (unpaired) electrons. The average molecular weight is 386 g/mol. The van der Waals surface area contributed by atoms with E-state index in [-0.39, 0.29) is 5.91 Å². The molecule has 3 rings (SSSR count). The van der Waals surface area contributed by atoms with E-state index in [9.17, 15) is 4.79 Å². The average Bonchev–Trinajstić information content (AvgIpc) is 3.14. The molecule has 0 unspecified atom stereocenters. The Bertz CT molecular complexity index is 835. The van der Waals surface area contributed by atoms with Crippen molar-refractivity contribution in [2.24, 2.45) is 0 Å². The van der Waals surface area contributed by atoms with Gasteiger partial charge in [0.2, 0.25) is 5.91 Å². The van der Waals surface area contributed by atoms with E-state index in [4.69, 9.17) is 11.6 Å². The second kappa shape index (κ2) is 9.46. The summed E-state index contributed by atoms with van der Waals surface area (Å²) < 4.78 is 2.02. The van der Waals surface area contributed by atoms with E-state index in [1.165, 1.54) is 5.56 Å². The first-order valence-corrected chi connectivity index (χ1v) is 9.85. The van der Waals surface area contributed by atoms with Crippen LogP contribution in [-0.4, -0.2) is 21.2 Å². The van der Waals surface area contributed by atoms with Gasteiger partial charge in [-0.1, -0.05) is 48.0 Å². The van der Waals surface area contributed by atoms with Crippen LogP contribution in [0.4, 0.5) is 0 Å². The van der Waals surface area contributed by atoms with Crippen molar-refractivity contribution in [1.29, 1.82) is 0 Å². The van der Waals surface area contributed by atoms with Crippen molar-refractivity contribution in [3.63, 3.8) is 0 Å². The van der Waals surface area contributed by atoms with E-state index in [0.717, 1.165) is 28.4 Å². The lowest BCUT2D eigenvalue weighted by atomic mass is 10.1. The number of benzene rings is 2. The molecule has 0 saturated carbocycles. The molecule has 0 atom stereocenters. The number of hydrogen-bond donors (Lipinski definition) is 1. The van der Waals surface area contributed by atoms with Gasteiger partial charge in [-0.3, -0.25) is 4.79 Å². The Labute approximate surface area is 162 Å². The second-order valence-corrected chi connectivity index (χ2v) is 7.37. The molecule has 0 bridgehead atoms. The third-order valence-electron chi connectivity index (χ3n) is 3.83. The summed E-state index contributed by atoms with van der Waals surface area (Å²) in [5.41, 5.74) is 3.42. The molecule has 1 aromatic heterocycles. The molecule has 0 aliphatic heterocycles. The van der Waals surface area contributed by atoms with Gasteiger partial charge in [0.1, 0.15) is 0 Å². The molecule has 134 valence electrons. The first-order chi connectivity index (χ1) is 12.7. The highest BCUT2D eigenvalue weighted by Gasteiger charge is 2.03. The molecule has 1 heterocycles. The highest BCUT2D eigenvalue weighted by molar-refractivity contribution is 7.99. The molecule has 2 aromatic carbocycles. The van der Waals surface area contributed by atoms with Gasteiger partial charge in [0.15, 0.2) is 0 Å². The number of carbonyl (C=O) groups is 1. The van der Waals surface area contributed by atoms with Gasteiger partial charge in [-0.2, -0.15) is 0 Å². The Hall–Kier alpha value is -2.24. The zero-order chi connectivity index (χ0) is 18.2. The first-order valence-electron chi connectivity index (χ1n) is 8.31. The lowest BCUT2D eigenvalue weighted by molar-refractivity contribution is -0.118. The van der Waals surface area contributed by atoms with Crippen LogP contribution in [-0.2, 0) is 23.6 Å². The second-order valence-electron chi connectivity index (χ2n) is 5.95. The number of thioether (sulfide) groups is 1. The van der Waals surface area contributed by atoms with Gasteiger partial charge >= 0.3 is 0 Å². The maximum absolute atomic E-state index is 12.0. The van der Waals surface area contributed by atoms with Gasteiger partial charge in [0.05, 0.1) is 12.1 Å². The van der Waals surface area contributed by atoms with Gasteiger partial charge < -0.3 is 9.88 Å². The fraction of sp³-hybridized carbons (Fsp3) is 0.200. The quantitative estimate of drug-likeness (QED) is 0.634. The molecule has 0 fully saturated rings. The van der Waals surface area contributed by atoms with Crippen LogP contribution in [0, 0.1) is 0 Å². The van der Waals surface area contributed by atoms with Crippen molar-refractivity contribution in [2.45, 2.75) is 18.8 Å². The Morgan fingerprint density at radius 3 is 2.65 bits per heavy atom. The zero-order valence-electron chi connectivity index (χ0n) is 14.3. The van der Waals surface area contributed by atoms with E-state index in [0.29, 0.717) is 12.3 Å². The van der Waals surface area contributed by atoms with Gasteiger partial charge in [0.25, 0.3) is 0 Å². The molecule has 0 aliphatic rings. The van der Waals surface area contributed by atoms with Crippen molar-refractivity contribution in [2.75, 3.05) is 5.75 Å². The number of halogens is 1. The smallest absolute Gasteiger partial charge is 0.230 e. The maximum Gasteiger partial charge on any atom is 0.230 e. The van der Waals surface area contributed by atoms with Crippen molar-refractivity contribution in [3.8, 4) is 0 Å². The molecule has 0 saturated heterocycles. The lowest BCUT2D eigenvalue weighted by Crippen LogP contribution is -2.24. The van der Waals surface area contributed by atoms with Gasteiger partial charge in [0, 0.05) is 36.3 Å². The number of carbonyl (C=O) groups excluding carboxylic acids is 1. The summed E-state index contributed by atoms with van der Waals surface area (Å²) in [6.07, 6.45) is 5.51. The summed E-state index contributed by atoms with van der Waals surface area (Å²) in [5.74, 6) is 1.25. The zero-order valence-corrected chi connectivity index (χ0v) is 15.8. The largest absolute Gasteiger partial charge is 0.351 e. The van der Waals surface area contributed by atoms with Crippen LogP contribution < -0.4 is 5.32 Å². The summed E-state index contributed by atoms with van der Waals surface area (Å²) in [7, 11) is 0. The minimum Gasteiger partial charge on any atom is -0.351 e.